The van der Waals surface area contributed by atoms with E-state index in [1.807, 2.05) is 48.7 Å². The number of rotatable bonds is 10. The first-order valence-electron chi connectivity index (χ1n) is 13.4. The molecule has 40 heavy (non-hydrogen) atoms. The fourth-order valence-electron chi connectivity index (χ4n) is 5.01. The summed E-state index contributed by atoms with van der Waals surface area (Å²) in [4.78, 5) is 25.1. The number of halogens is 3. The van der Waals surface area contributed by atoms with Gasteiger partial charge in [0.05, 0.1) is 18.2 Å². The van der Waals surface area contributed by atoms with E-state index < -0.39 is 17.7 Å². The van der Waals surface area contributed by atoms with Crippen LogP contribution in [-0.2, 0) is 12.7 Å². The quantitative estimate of drug-likeness (QED) is 0.200. The number of alkyl halides is 3. The third-order valence-corrected chi connectivity index (χ3v) is 7.55. The maximum Gasteiger partial charge on any atom is 0.416 e. The fourth-order valence-corrected chi connectivity index (χ4v) is 5.01. The van der Waals surface area contributed by atoms with Gasteiger partial charge >= 0.3 is 12.1 Å². The first-order chi connectivity index (χ1) is 19.1. The number of hydrogen-bond donors (Lipinski definition) is 3. The number of carboxylic acids is 1. The van der Waals surface area contributed by atoms with Gasteiger partial charge in [0.15, 0.2) is 11.5 Å². The maximum atomic E-state index is 13.2. The molecule has 1 aliphatic carbocycles. The summed E-state index contributed by atoms with van der Waals surface area (Å²) >= 11 is 0. The minimum Gasteiger partial charge on any atom is -0.475 e. The zero-order chi connectivity index (χ0) is 28.4. The lowest BCUT2D eigenvalue weighted by Crippen LogP contribution is -2.31. The maximum absolute atomic E-state index is 13.2. The molecule has 2 heterocycles. The second-order valence-corrected chi connectivity index (χ2v) is 10.2. The van der Waals surface area contributed by atoms with E-state index in [0.29, 0.717) is 28.8 Å². The first-order valence-corrected chi connectivity index (χ1v) is 13.4. The van der Waals surface area contributed by atoms with Gasteiger partial charge in [0, 0.05) is 6.04 Å². The second kappa shape index (κ2) is 11.1. The highest BCUT2D eigenvalue weighted by molar-refractivity contribution is 5.91. The molecule has 210 valence electrons. The molecular weight excluding hydrogens is 521 g/mol. The monoisotopic (exact) mass is 552 g/mol. The lowest BCUT2D eigenvalue weighted by Gasteiger charge is -2.32. The molecule has 2 atom stereocenters. The van der Waals surface area contributed by atoms with Crippen LogP contribution >= 0.6 is 0 Å². The van der Waals surface area contributed by atoms with Gasteiger partial charge in [-0.2, -0.15) is 18.2 Å². The first kappa shape index (κ1) is 27.4. The molecule has 1 saturated carbocycles. The van der Waals surface area contributed by atoms with Gasteiger partial charge in [0.25, 0.3) is 0 Å². The zero-order valence-corrected chi connectivity index (χ0v) is 22.2. The fraction of sp³-hybridized carbons (Fsp3) is 0.379. The van der Waals surface area contributed by atoms with E-state index in [0.717, 1.165) is 43.4 Å². The van der Waals surface area contributed by atoms with Crippen molar-refractivity contribution in [2.24, 2.45) is 5.92 Å². The molecule has 8 nitrogen and oxygen atoms in total. The number of anilines is 2. The molecular formula is C29H31F3N6O2. The van der Waals surface area contributed by atoms with Crippen LogP contribution in [0.4, 0.5) is 24.9 Å². The molecule has 4 aromatic rings. The van der Waals surface area contributed by atoms with Crippen LogP contribution < -0.4 is 10.6 Å². The lowest BCUT2D eigenvalue weighted by atomic mass is 9.80. The standard InChI is InChI=1S/C29H31F3N6O2/c1-3-22(20-8-5-4-6-9-20)34-28-37-25-23(38(28)16-18-12-14-21(15-13-18)29(30,31)32)24(35-26(36-25)27(39)40)33-17(2)19-10-7-11-19/h4-6,8-9,12-15,17,19,22H,3,7,10-11,16H2,1-2H3,(H,39,40)(H2,33,34,35,36,37). The molecule has 3 N–H and O–H groups in total. The van der Waals surface area contributed by atoms with E-state index in [1.165, 1.54) is 12.1 Å². The Labute approximate surface area is 229 Å². The normalized spacial score (nSPS) is 15.4. The Kier molecular flexibility index (Phi) is 7.64. The Bertz CT molecular complexity index is 1480. The highest BCUT2D eigenvalue weighted by Gasteiger charge is 2.30. The van der Waals surface area contributed by atoms with Crippen molar-refractivity contribution in [3.05, 3.63) is 77.1 Å². The number of nitrogens with zero attached hydrogens (tertiary/aromatic N) is 4. The summed E-state index contributed by atoms with van der Waals surface area (Å²) in [5.41, 5.74) is 1.59. The summed E-state index contributed by atoms with van der Waals surface area (Å²) < 4.78 is 41.4. The number of carbonyl (C=O) groups is 1. The van der Waals surface area contributed by atoms with Crippen molar-refractivity contribution < 1.29 is 23.1 Å². The molecule has 1 aliphatic rings. The van der Waals surface area contributed by atoms with E-state index in [-0.39, 0.29) is 30.1 Å². The lowest BCUT2D eigenvalue weighted by molar-refractivity contribution is -0.137. The summed E-state index contributed by atoms with van der Waals surface area (Å²) in [6.07, 6.45) is -0.424. The van der Waals surface area contributed by atoms with Crippen molar-refractivity contribution >= 4 is 28.9 Å². The number of aromatic carboxylic acids is 1. The number of aromatic nitrogens is 4. The minimum atomic E-state index is -4.44. The Morgan fingerprint density at radius 3 is 2.33 bits per heavy atom. The van der Waals surface area contributed by atoms with Crippen molar-refractivity contribution in [2.45, 2.75) is 64.3 Å². The van der Waals surface area contributed by atoms with Crippen LogP contribution in [0.3, 0.4) is 0 Å². The molecule has 1 fully saturated rings. The van der Waals surface area contributed by atoms with E-state index in [4.69, 9.17) is 0 Å². The van der Waals surface area contributed by atoms with Gasteiger partial charge in [0.1, 0.15) is 5.52 Å². The number of benzene rings is 2. The molecule has 2 aromatic carbocycles. The molecule has 5 rings (SSSR count). The van der Waals surface area contributed by atoms with Gasteiger partial charge in [-0.05, 0) is 55.4 Å². The highest BCUT2D eigenvalue weighted by Crippen LogP contribution is 2.34. The average molecular weight is 553 g/mol. The summed E-state index contributed by atoms with van der Waals surface area (Å²) in [6, 6.07) is 14.7. The third-order valence-electron chi connectivity index (χ3n) is 7.55. The number of fused-ring (bicyclic) bond motifs is 1. The van der Waals surface area contributed by atoms with Gasteiger partial charge in [-0.25, -0.2) is 14.8 Å². The summed E-state index contributed by atoms with van der Waals surface area (Å²) in [5, 5.41) is 16.6. The van der Waals surface area contributed by atoms with E-state index in [2.05, 4.69) is 25.6 Å². The average Bonchev–Trinajstić information content (AvgIpc) is 3.23. The van der Waals surface area contributed by atoms with E-state index >= 15 is 0 Å². The number of carboxylic acid groups (broad SMARTS) is 1. The van der Waals surface area contributed by atoms with Crippen molar-refractivity contribution in [3.63, 3.8) is 0 Å². The topological polar surface area (TPSA) is 105 Å². The number of hydrogen-bond acceptors (Lipinski definition) is 6. The molecule has 0 amide bonds. The van der Waals surface area contributed by atoms with Gasteiger partial charge in [-0.3, -0.25) is 0 Å². The predicted molar refractivity (Wildman–Crippen MR) is 146 cm³/mol. The minimum absolute atomic E-state index is 0.0343. The number of nitrogens with one attached hydrogen (secondary N) is 2. The summed E-state index contributed by atoms with van der Waals surface area (Å²) in [7, 11) is 0. The molecule has 0 bridgehead atoms. The van der Waals surface area contributed by atoms with Crippen molar-refractivity contribution in [1.29, 1.82) is 0 Å². The van der Waals surface area contributed by atoms with Crippen molar-refractivity contribution in [2.75, 3.05) is 10.6 Å². The van der Waals surface area contributed by atoms with Crippen molar-refractivity contribution in [1.82, 2.24) is 19.5 Å². The molecule has 0 aliphatic heterocycles. The van der Waals surface area contributed by atoms with E-state index in [1.54, 1.807) is 0 Å². The Balaban J connectivity index is 1.62. The van der Waals surface area contributed by atoms with Crippen molar-refractivity contribution in [3.8, 4) is 0 Å². The summed E-state index contributed by atoms with van der Waals surface area (Å²) in [5.74, 6) is -0.464. The largest absolute Gasteiger partial charge is 0.475 e. The van der Waals surface area contributed by atoms with Crippen LogP contribution in [0, 0.1) is 5.92 Å². The Morgan fingerprint density at radius 2 is 1.75 bits per heavy atom. The van der Waals surface area contributed by atoms with Gasteiger partial charge in [-0.1, -0.05) is 55.8 Å². The van der Waals surface area contributed by atoms with Crippen LogP contribution in [0.5, 0.6) is 0 Å². The van der Waals surface area contributed by atoms with Crippen LogP contribution in [0.25, 0.3) is 11.2 Å². The Morgan fingerprint density at radius 1 is 1.05 bits per heavy atom. The zero-order valence-electron chi connectivity index (χ0n) is 22.2. The summed E-state index contributed by atoms with van der Waals surface area (Å²) in [6.45, 7) is 4.24. The number of imidazole rings is 1. The Hall–Kier alpha value is -4.15. The highest BCUT2D eigenvalue weighted by atomic mass is 19.4. The molecule has 0 spiro atoms. The van der Waals surface area contributed by atoms with Crippen LogP contribution in [0.2, 0.25) is 0 Å². The third kappa shape index (κ3) is 5.73. The molecule has 2 aromatic heterocycles. The smallest absolute Gasteiger partial charge is 0.416 e. The predicted octanol–water partition coefficient (Wildman–Crippen LogP) is 6.76. The molecule has 2 unspecified atom stereocenters. The van der Waals surface area contributed by atoms with Crippen LogP contribution in [0.1, 0.15) is 72.9 Å². The molecule has 11 heteroatoms. The SMILES string of the molecule is CCC(Nc1nc2nc(C(=O)O)nc(NC(C)C3CCC3)c2n1Cc1ccc(C(F)(F)F)cc1)c1ccccc1. The van der Waals surface area contributed by atoms with Crippen LogP contribution in [-0.4, -0.2) is 36.6 Å². The van der Waals surface area contributed by atoms with Crippen LogP contribution in [0.15, 0.2) is 54.6 Å². The van der Waals surface area contributed by atoms with Gasteiger partial charge < -0.3 is 20.3 Å². The second-order valence-electron chi connectivity index (χ2n) is 10.2. The van der Waals surface area contributed by atoms with Gasteiger partial charge in [-0.15, -0.1) is 0 Å². The molecule has 0 radical (unpaired) electrons. The van der Waals surface area contributed by atoms with E-state index in [9.17, 15) is 23.1 Å². The van der Waals surface area contributed by atoms with Gasteiger partial charge in [0.2, 0.25) is 11.8 Å². The molecule has 0 saturated heterocycles.